The fourth-order valence-electron chi connectivity index (χ4n) is 3.41. The highest BCUT2D eigenvalue weighted by Crippen LogP contribution is 2.39. The predicted molar refractivity (Wildman–Crippen MR) is 83.6 cm³/mol. The van der Waals surface area contributed by atoms with Crippen LogP contribution in [0.5, 0.6) is 5.75 Å². The smallest absolute Gasteiger partial charge is 0.243 e. The van der Waals surface area contributed by atoms with Gasteiger partial charge in [0.05, 0.1) is 16.5 Å². The number of hydrogen-bond donors (Lipinski definition) is 1. The molecule has 1 heterocycles. The standard InChI is InChI=1S/C14H19BrN2O3S/c1-20-14-6-10(3-4-12(14)15)21(18,19)17-7-9-2-5-13(16)11(9)8-17/h3-4,6,9,11,13H,2,5,7-8,16H2,1H3. The number of nitrogens with two attached hydrogens (primary N) is 1. The van der Waals surface area contributed by atoms with E-state index in [9.17, 15) is 8.42 Å². The lowest BCUT2D eigenvalue weighted by Gasteiger charge is -2.19. The fourth-order valence-corrected chi connectivity index (χ4v) is 5.37. The largest absolute Gasteiger partial charge is 0.496 e. The average Bonchev–Trinajstić information content (AvgIpc) is 3.02. The van der Waals surface area contributed by atoms with Gasteiger partial charge >= 0.3 is 0 Å². The molecule has 1 saturated heterocycles. The molecule has 0 amide bonds. The van der Waals surface area contributed by atoms with Crippen molar-refractivity contribution in [3.8, 4) is 5.75 Å². The first kappa shape index (κ1) is 15.3. The summed E-state index contributed by atoms with van der Waals surface area (Å²) in [6.07, 6.45) is 2.04. The molecule has 1 aliphatic heterocycles. The molecule has 2 aliphatic rings. The van der Waals surface area contributed by atoms with Crippen LogP contribution in [0.2, 0.25) is 0 Å². The minimum Gasteiger partial charge on any atom is -0.496 e. The molecule has 0 bridgehead atoms. The average molecular weight is 375 g/mol. The Morgan fingerprint density at radius 2 is 2.10 bits per heavy atom. The molecule has 7 heteroatoms. The van der Waals surface area contributed by atoms with Crippen LogP contribution in [-0.2, 0) is 10.0 Å². The van der Waals surface area contributed by atoms with Crippen molar-refractivity contribution in [2.24, 2.45) is 17.6 Å². The van der Waals surface area contributed by atoms with Crippen molar-refractivity contribution in [3.63, 3.8) is 0 Å². The Kier molecular flexibility index (Phi) is 4.02. The monoisotopic (exact) mass is 374 g/mol. The zero-order valence-corrected chi connectivity index (χ0v) is 14.2. The van der Waals surface area contributed by atoms with Gasteiger partial charge < -0.3 is 10.5 Å². The molecule has 1 saturated carbocycles. The normalized spacial score (nSPS) is 29.6. The Morgan fingerprint density at radius 3 is 2.76 bits per heavy atom. The van der Waals surface area contributed by atoms with E-state index in [2.05, 4.69) is 15.9 Å². The van der Waals surface area contributed by atoms with E-state index in [1.54, 1.807) is 22.5 Å². The summed E-state index contributed by atoms with van der Waals surface area (Å²) in [6, 6.07) is 5.01. The Balaban J connectivity index is 1.88. The summed E-state index contributed by atoms with van der Waals surface area (Å²) < 4.78 is 33.0. The van der Waals surface area contributed by atoms with E-state index in [1.165, 1.54) is 7.11 Å². The molecule has 1 aromatic carbocycles. The van der Waals surface area contributed by atoms with Gasteiger partial charge in [0, 0.05) is 25.2 Å². The van der Waals surface area contributed by atoms with Crippen LogP contribution >= 0.6 is 15.9 Å². The molecule has 3 atom stereocenters. The van der Waals surface area contributed by atoms with Crippen LogP contribution in [0, 0.1) is 11.8 Å². The first-order valence-electron chi connectivity index (χ1n) is 7.02. The summed E-state index contributed by atoms with van der Waals surface area (Å²) in [5.41, 5.74) is 6.08. The molecular formula is C14H19BrN2O3S. The van der Waals surface area contributed by atoms with Gasteiger partial charge in [-0.15, -0.1) is 0 Å². The number of sulfonamides is 1. The second-order valence-electron chi connectivity index (χ2n) is 5.78. The van der Waals surface area contributed by atoms with Gasteiger partial charge in [0.25, 0.3) is 0 Å². The second-order valence-corrected chi connectivity index (χ2v) is 8.58. The molecule has 21 heavy (non-hydrogen) atoms. The van der Waals surface area contributed by atoms with Gasteiger partial charge in [-0.05, 0) is 52.7 Å². The van der Waals surface area contributed by atoms with E-state index in [0.29, 0.717) is 30.7 Å². The number of methoxy groups -OCH3 is 1. The minimum atomic E-state index is -3.48. The highest BCUT2D eigenvalue weighted by Gasteiger charge is 2.45. The predicted octanol–water partition coefficient (Wildman–Crippen LogP) is 1.82. The number of rotatable bonds is 3. The molecule has 3 unspecified atom stereocenters. The summed E-state index contributed by atoms with van der Waals surface area (Å²) in [5.74, 6) is 1.23. The summed E-state index contributed by atoms with van der Waals surface area (Å²) in [6.45, 7) is 1.12. The van der Waals surface area contributed by atoms with E-state index >= 15 is 0 Å². The maximum absolute atomic E-state index is 12.8. The lowest BCUT2D eigenvalue weighted by atomic mass is 9.98. The first-order chi connectivity index (χ1) is 9.93. The number of halogens is 1. The summed E-state index contributed by atoms with van der Waals surface area (Å²) >= 11 is 3.34. The lowest BCUT2D eigenvalue weighted by Crippen LogP contribution is -2.33. The third kappa shape index (κ3) is 2.60. The Hall–Kier alpha value is -0.630. The molecule has 0 radical (unpaired) electrons. The van der Waals surface area contributed by atoms with Crippen molar-refractivity contribution >= 4 is 26.0 Å². The van der Waals surface area contributed by atoms with Crippen LogP contribution in [0.3, 0.4) is 0 Å². The van der Waals surface area contributed by atoms with Gasteiger partial charge in [0.15, 0.2) is 0 Å². The molecule has 2 fully saturated rings. The molecule has 0 spiro atoms. The van der Waals surface area contributed by atoms with Crippen molar-refractivity contribution < 1.29 is 13.2 Å². The molecule has 1 aromatic rings. The van der Waals surface area contributed by atoms with E-state index in [4.69, 9.17) is 10.5 Å². The lowest BCUT2D eigenvalue weighted by molar-refractivity contribution is 0.408. The zero-order chi connectivity index (χ0) is 15.2. The molecule has 0 aromatic heterocycles. The van der Waals surface area contributed by atoms with E-state index in [1.807, 2.05) is 0 Å². The molecular weight excluding hydrogens is 356 g/mol. The molecule has 116 valence electrons. The minimum absolute atomic E-state index is 0.134. The van der Waals surface area contributed by atoms with Gasteiger partial charge in [-0.2, -0.15) is 4.31 Å². The third-order valence-corrected chi connectivity index (χ3v) is 7.12. The molecule has 5 nitrogen and oxygen atoms in total. The van der Waals surface area contributed by atoms with Crippen LogP contribution in [0.1, 0.15) is 12.8 Å². The summed E-state index contributed by atoms with van der Waals surface area (Å²) in [4.78, 5) is 0.274. The zero-order valence-electron chi connectivity index (χ0n) is 11.8. The van der Waals surface area contributed by atoms with Crippen LogP contribution in [0.15, 0.2) is 27.6 Å². The number of benzene rings is 1. The fraction of sp³-hybridized carbons (Fsp3) is 0.571. The van der Waals surface area contributed by atoms with Crippen LogP contribution < -0.4 is 10.5 Å². The first-order valence-corrected chi connectivity index (χ1v) is 9.26. The van der Waals surface area contributed by atoms with E-state index in [-0.39, 0.29) is 10.9 Å². The number of nitrogens with zero attached hydrogens (tertiary/aromatic N) is 1. The van der Waals surface area contributed by atoms with Crippen molar-refractivity contribution in [2.75, 3.05) is 20.2 Å². The van der Waals surface area contributed by atoms with Crippen LogP contribution in [0.4, 0.5) is 0 Å². The Morgan fingerprint density at radius 1 is 1.33 bits per heavy atom. The summed E-state index contributed by atoms with van der Waals surface area (Å²) in [7, 11) is -1.95. The maximum atomic E-state index is 12.8. The van der Waals surface area contributed by atoms with Gasteiger partial charge in [-0.25, -0.2) is 8.42 Å². The Labute approximate surface area is 133 Å². The second kappa shape index (κ2) is 5.53. The molecule has 3 rings (SSSR count). The van der Waals surface area contributed by atoms with Gasteiger partial charge in [0.1, 0.15) is 5.75 Å². The van der Waals surface area contributed by atoms with Crippen LogP contribution in [-0.4, -0.2) is 39.0 Å². The van der Waals surface area contributed by atoms with Crippen molar-refractivity contribution in [1.82, 2.24) is 4.31 Å². The topological polar surface area (TPSA) is 72.6 Å². The van der Waals surface area contributed by atoms with Gasteiger partial charge in [-0.3, -0.25) is 0 Å². The van der Waals surface area contributed by atoms with Gasteiger partial charge in [0.2, 0.25) is 10.0 Å². The summed E-state index contributed by atoms with van der Waals surface area (Å²) in [5, 5.41) is 0. The highest BCUT2D eigenvalue weighted by atomic mass is 79.9. The highest BCUT2D eigenvalue weighted by molar-refractivity contribution is 9.10. The van der Waals surface area contributed by atoms with Crippen LogP contribution in [0.25, 0.3) is 0 Å². The Bertz CT molecular complexity index is 650. The SMILES string of the molecule is COc1cc(S(=O)(=O)N2CC3CCC(N)C3C2)ccc1Br. The van der Waals surface area contributed by atoms with E-state index < -0.39 is 10.0 Å². The van der Waals surface area contributed by atoms with Crippen molar-refractivity contribution in [2.45, 2.75) is 23.8 Å². The molecule has 2 N–H and O–H groups in total. The van der Waals surface area contributed by atoms with Crippen molar-refractivity contribution in [3.05, 3.63) is 22.7 Å². The quantitative estimate of drug-likeness (QED) is 0.875. The molecule has 1 aliphatic carbocycles. The number of hydrogen-bond acceptors (Lipinski definition) is 4. The van der Waals surface area contributed by atoms with E-state index in [0.717, 1.165) is 17.3 Å². The maximum Gasteiger partial charge on any atom is 0.243 e. The number of ether oxygens (including phenoxy) is 1. The number of fused-ring (bicyclic) bond motifs is 1. The third-order valence-electron chi connectivity index (χ3n) is 4.64. The van der Waals surface area contributed by atoms with Crippen molar-refractivity contribution in [1.29, 1.82) is 0 Å². The van der Waals surface area contributed by atoms with Gasteiger partial charge in [-0.1, -0.05) is 0 Å².